The van der Waals surface area contributed by atoms with Crippen molar-refractivity contribution in [2.45, 2.75) is 0 Å². The highest BCUT2D eigenvalue weighted by atomic mass is 16.3. The van der Waals surface area contributed by atoms with E-state index >= 15 is 0 Å². The van der Waals surface area contributed by atoms with Gasteiger partial charge in [0.05, 0.1) is 0 Å². The van der Waals surface area contributed by atoms with E-state index in [2.05, 4.69) is 217 Å². The largest absolute Gasteiger partial charge is 0.455 e. The van der Waals surface area contributed by atoms with Crippen LogP contribution in [0.1, 0.15) is 0 Å². The van der Waals surface area contributed by atoms with E-state index in [4.69, 9.17) is 4.42 Å². The molecule has 10 aromatic carbocycles. The van der Waals surface area contributed by atoms with Crippen molar-refractivity contribution in [2.75, 3.05) is 4.90 Å². The summed E-state index contributed by atoms with van der Waals surface area (Å²) < 4.78 is 6.44. The summed E-state index contributed by atoms with van der Waals surface area (Å²) in [5, 5.41) is 7.32. The number of hydrogen-bond donors (Lipinski definition) is 0. The smallest absolute Gasteiger partial charge is 0.143 e. The average molecular weight is 740 g/mol. The number of rotatable bonds is 7. The van der Waals surface area contributed by atoms with E-state index in [-0.39, 0.29) is 0 Å². The molecule has 272 valence electrons. The Kier molecular flexibility index (Phi) is 8.19. The lowest BCUT2D eigenvalue weighted by molar-refractivity contribution is 0.670. The summed E-state index contributed by atoms with van der Waals surface area (Å²) in [7, 11) is 0. The van der Waals surface area contributed by atoms with E-state index in [1.54, 1.807) is 0 Å². The second-order valence-corrected chi connectivity index (χ2v) is 14.9. The van der Waals surface area contributed by atoms with Crippen molar-refractivity contribution in [3.63, 3.8) is 0 Å². The fraction of sp³-hybridized carbons (Fsp3) is 0. The zero-order valence-corrected chi connectivity index (χ0v) is 31.7. The van der Waals surface area contributed by atoms with Crippen LogP contribution in [0.3, 0.4) is 0 Å². The van der Waals surface area contributed by atoms with Crippen molar-refractivity contribution in [3.05, 3.63) is 224 Å². The molecule has 0 radical (unpaired) electrons. The summed E-state index contributed by atoms with van der Waals surface area (Å²) >= 11 is 0. The fourth-order valence-corrected chi connectivity index (χ4v) is 8.71. The molecule has 1 heterocycles. The molecule has 11 rings (SSSR count). The number of fused-ring (bicyclic) bond motifs is 6. The fourth-order valence-electron chi connectivity index (χ4n) is 8.71. The Balaban J connectivity index is 1.03. The second-order valence-electron chi connectivity index (χ2n) is 14.9. The third-order valence-electron chi connectivity index (χ3n) is 11.5. The molecule has 1 aromatic heterocycles. The van der Waals surface area contributed by atoms with Gasteiger partial charge in [-0.2, -0.15) is 0 Å². The molecular formula is C56H37NO. The molecule has 0 fully saturated rings. The first kappa shape index (κ1) is 33.6. The summed E-state index contributed by atoms with van der Waals surface area (Å²) in [5.74, 6) is 0. The van der Waals surface area contributed by atoms with Crippen LogP contribution in [0.5, 0.6) is 0 Å². The van der Waals surface area contributed by atoms with Crippen LogP contribution in [0.15, 0.2) is 229 Å². The molecule has 0 spiro atoms. The molecule has 0 bridgehead atoms. The van der Waals surface area contributed by atoms with Gasteiger partial charge in [-0.25, -0.2) is 0 Å². The van der Waals surface area contributed by atoms with E-state index in [0.717, 1.165) is 55.7 Å². The summed E-state index contributed by atoms with van der Waals surface area (Å²) in [6.45, 7) is 0. The quantitative estimate of drug-likeness (QED) is 0.151. The molecule has 0 atom stereocenters. The van der Waals surface area contributed by atoms with Gasteiger partial charge < -0.3 is 9.32 Å². The monoisotopic (exact) mass is 739 g/mol. The zero-order chi connectivity index (χ0) is 38.4. The lowest BCUT2D eigenvalue weighted by Gasteiger charge is -2.27. The maximum absolute atomic E-state index is 6.44. The van der Waals surface area contributed by atoms with Crippen LogP contribution in [0.25, 0.3) is 88.0 Å². The van der Waals surface area contributed by atoms with E-state index in [1.807, 2.05) is 12.1 Å². The molecule has 0 amide bonds. The Morgan fingerprint density at radius 2 is 0.810 bits per heavy atom. The van der Waals surface area contributed by atoms with E-state index in [9.17, 15) is 0 Å². The van der Waals surface area contributed by atoms with Crippen molar-refractivity contribution < 1.29 is 4.42 Å². The van der Waals surface area contributed by atoms with Crippen LogP contribution in [0, 0.1) is 0 Å². The zero-order valence-electron chi connectivity index (χ0n) is 31.7. The van der Waals surface area contributed by atoms with Crippen molar-refractivity contribution in [2.24, 2.45) is 0 Å². The second kappa shape index (κ2) is 14.1. The van der Waals surface area contributed by atoms with Gasteiger partial charge in [-0.15, -0.1) is 0 Å². The first-order valence-corrected chi connectivity index (χ1v) is 19.8. The Bertz CT molecular complexity index is 3270. The highest BCUT2D eigenvalue weighted by Gasteiger charge is 2.18. The summed E-state index contributed by atoms with van der Waals surface area (Å²) in [4.78, 5) is 2.36. The maximum atomic E-state index is 6.44. The van der Waals surface area contributed by atoms with E-state index in [0.29, 0.717) is 0 Å². The Morgan fingerprint density at radius 1 is 0.276 bits per heavy atom. The lowest BCUT2D eigenvalue weighted by atomic mass is 9.94. The lowest BCUT2D eigenvalue weighted by Crippen LogP contribution is -2.10. The van der Waals surface area contributed by atoms with Crippen molar-refractivity contribution in [1.29, 1.82) is 0 Å². The Morgan fingerprint density at radius 3 is 1.59 bits per heavy atom. The molecule has 0 aliphatic rings. The van der Waals surface area contributed by atoms with Crippen molar-refractivity contribution in [1.82, 2.24) is 0 Å². The number of benzene rings is 10. The number of furan rings is 1. The van der Waals surface area contributed by atoms with Crippen molar-refractivity contribution >= 4 is 60.5 Å². The predicted octanol–water partition coefficient (Wildman–Crippen LogP) is 16.0. The minimum absolute atomic E-state index is 0.904. The van der Waals surface area contributed by atoms with Crippen molar-refractivity contribution in [3.8, 4) is 44.5 Å². The van der Waals surface area contributed by atoms with Gasteiger partial charge in [0, 0.05) is 33.4 Å². The van der Waals surface area contributed by atoms with Crippen LogP contribution in [0.4, 0.5) is 17.1 Å². The van der Waals surface area contributed by atoms with Gasteiger partial charge in [-0.05, 0) is 103 Å². The topological polar surface area (TPSA) is 16.4 Å². The third kappa shape index (κ3) is 5.82. The molecule has 0 unspecified atom stereocenters. The van der Waals surface area contributed by atoms with Gasteiger partial charge in [0.1, 0.15) is 11.2 Å². The molecule has 58 heavy (non-hydrogen) atoms. The summed E-state index contributed by atoms with van der Waals surface area (Å²) in [5.41, 5.74) is 14.4. The Hall–Kier alpha value is -7.68. The minimum atomic E-state index is 0.904. The molecular weight excluding hydrogens is 703 g/mol. The van der Waals surface area contributed by atoms with Crippen LogP contribution in [-0.2, 0) is 0 Å². The van der Waals surface area contributed by atoms with Gasteiger partial charge in [-0.1, -0.05) is 182 Å². The molecule has 0 aliphatic heterocycles. The molecule has 11 aromatic rings. The minimum Gasteiger partial charge on any atom is -0.455 e. The van der Waals surface area contributed by atoms with Crippen LogP contribution in [-0.4, -0.2) is 0 Å². The van der Waals surface area contributed by atoms with Gasteiger partial charge >= 0.3 is 0 Å². The Labute approximate surface area is 337 Å². The highest BCUT2D eigenvalue weighted by Crippen LogP contribution is 2.42. The maximum Gasteiger partial charge on any atom is 0.143 e. The van der Waals surface area contributed by atoms with Gasteiger partial charge in [0.2, 0.25) is 0 Å². The number of para-hydroxylation sites is 2. The van der Waals surface area contributed by atoms with Gasteiger partial charge in [-0.3, -0.25) is 0 Å². The third-order valence-corrected chi connectivity index (χ3v) is 11.5. The molecule has 2 nitrogen and oxygen atoms in total. The van der Waals surface area contributed by atoms with Crippen LogP contribution >= 0.6 is 0 Å². The van der Waals surface area contributed by atoms with Crippen LogP contribution < -0.4 is 4.90 Å². The molecule has 0 saturated heterocycles. The van der Waals surface area contributed by atoms with E-state index in [1.165, 1.54) is 49.4 Å². The number of hydrogen-bond acceptors (Lipinski definition) is 2. The van der Waals surface area contributed by atoms with E-state index < -0.39 is 0 Å². The van der Waals surface area contributed by atoms with Gasteiger partial charge in [0.15, 0.2) is 0 Å². The highest BCUT2D eigenvalue weighted by molar-refractivity contribution is 6.12. The molecule has 0 saturated carbocycles. The average Bonchev–Trinajstić information content (AvgIpc) is 3.69. The molecule has 0 N–H and O–H groups in total. The van der Waals surface area contributed by atoms with Crippen LogP contribution in [0.2, 0.25) is 0 Å². The number of anilines is 3. The first-order chi connectivity index (χ1) is 28.8. The summed E-state index contributed by atoms with van der Waals surface area (Å²) in [6, 6.07) is 80.6. The molecule has 0 aliphatic carbocycles. The summed E-state index contributed by atoms with van der Waals surface area (Å²) in [6.07, 6.45) is 0. The normalized spacial score (nSPS) is 11.4. The SMILES string of the molecule is c1ccc(-c2ccccc2-c2cccc(N(c3ccc(-c4cccc5c4ccc4ccccc45)cc3)c3ccc(-c4cccc5c4oc4ccccc45)cc3)c2)cc1. The standard InChI is InChI=1S/C56H37NO/c1-2-13-38(14-3-1)46-18-6-7-20-49(46)42-16-10-17-45(37-42)57(44-34-29-41(30-35-44)50-23-12-25-54-53-21-8-9-26-55(53)58-56(50)54)43-32-27-40(28-33-43)48-22-11-24-51-47-19-5-4-15-39(47)31-36-52(48)51/h1-37H. The first-order valence-electron chi connectivity index (χ1n) is 19.8. The predicted molar refractivity (Wildman–Crippen MR) is 245 cm³/mol. The molecule has 2 heteroatoms. The number of nitrogens with zero attached hydrogens (tertiary/aromatic N) is 1. The van der Waals surface area contributed by atoms with Gasteiger partial charge in [0.25, 0.3) is 0 Å².